The number of rotatable bonds is 1. The molecule has 0 radical (unpaired) electrons. The van der Waals surface area contributed by atoms with Crippen molar-refractivity contribution in [1.82, 2.24) is 4.98 Å². The topological polar surface area (TPSA) is 62.7 Å². The summed E-state index contributed by atoms with van der Waals surface area (Å²) >= 11 is 6.13. The van der Waals surface area contributed by atoms with Crippen molar-refractivity contribution in [3.05, 3.63) is 22.0 Å². The molecule has 1 aromatic rings. The zero-order valence-corrected chi connectivity index (χ0v) is 11.2. The number of nitrogens with two attached hydrogens (primary N) is 1. The molecule has 3 rings (SSSR count). The first-order valence-corrected chi connectivity index (χ1v) is 6.81. The molecule has 4 heteroatoms. The lowest BCUT2D eigenvalue weighted by atomic mass is 9.79. The maximum Gasteiger partial charge on any atom is 0.147 e. The van der Waals surface area contributed by atoms with Crippen LogP contribution < -0.4 is 5.73 Å². The van der Waals surface area contributed by atoms with Crippen LogP contribution in [0.5, 0.6) is 0 Å². The number of hydrogen-bond donors (Lipinski definition) is 1. The van der Waals surface area contributed by atoms with E-state index in [0.717, 1.165) is 30.0 Å². The number of pyridine rings is 1. The van der Waals surface area contributed by atoms with E-state index >= 15 is 0 Å². The minimum absolute atomic E-state index is 0.136. The largest absolute Gasteiger partial charge is 0.397 e. The average molecular weight is 262 g/mol. The Morgan fingerprint density at radius 1 is 1.44 bits per heavy atom. The standard InChI is InChI=1S/C14H16ClN3/c1-8-10(7-16)13(15)18-12(11(8)17)14-4-2-9(6-14)3-5-14/h9H,2-6,17H2,1H3. The van der Waals surface area contributed by atoms with E-state index in [4.69, 9.17) is 22.6 Å². The minimum Gasteiger partial charge on any atom is -0.397 e. The number of aromatic nitrogens is 1. The lowest BCUT2D eigenvalue weighted by Crippen LogP contribution is -2.24. The van der Waals surface area contributed by atoms with E-state index in [-0.39, 0.29) is 5.41 Å². The van der Waals surface area contributed by atoms with Gasteiger partial charge in [-0.1, -0.05) is 11.6 Å². The van der Waals surface area contributed by atoms with Crippen LogP contribution in [0.4, 0.5) is 5.69 Å². The van der Waals surface area contributed by atoms with Crippen molar-refractivity contribution in [1.29, 1.82) is 5.26 Å². The molecule has 2 aliphatic rings. The number of hydrogen-bond acceptors (Lipinski definition) is 3. The molecule has 0 aliphatic heterocycles. The summed E-state index contributed by atoms with van der Waals surface area (Å²) in [6.07, 6.45) is 6.06. The van der Waals surface area contributed by atoms with Crippen LogP contribution in [-0.2, 0) is 5.41 Å². The third-order valence-corrected chi connectivity index (χ3v) is 5.08. The van der Waals surface area contributed by atoms with Gasteiger partial charge in [0.15, 0.2) is 0 Å². The quantitative estimate of drug-likeness (QED) is 0.789. The van der Waals surface area contributed by atoms with E-state index < -0.39 is 0 Å². The van der Waals surface area contributed by atoms with Gasteiger partial charge in [0.2, 0.25) is 0 Å². The van der Waals surface area contributed by atoms with Crippen LogP contribution >= 0.6 is 11.6 Å². The normalized spacial score (nSPS) is 29.5. The predicted octanol–water partition coefficient (Wildman–Crippen LogP) is 3.33. The van der Waals surface area contributed by atoms with Crippen LogP contribution in [0.15, 0.2) is 0 Å². The minimum atomic E-state index is 0.136. The molecule has 94 valence electrons. The molecular weight excluding hydrogens is 246 g/mol. The Balaban J connectivity index is 2.17. The van der Waals surface area contributed by atoms with E-state index in [9.17, 15) is 0 Å². The highest BCUT2D eigenvalue weighted by Gasteiger charge is 2.48. The number of anilines is 1. The highest BCUT2D eigenvalue weighted by atomic mass is 35.5. The van der Waals surface area contributed by atoms with E-state index in [2.05, 4.69) is 11.1 Å². The van der Waals surface area contributed by atoms with Gasteiger partial charge >= 0.3 is 0 Å². The summed E-state index contributed by atoms with van der Waals surface area (Å²) in [5.41, 5.74) is 9.19. The van der Waals surface area contributed by atoms with Crippen LogP contribution in [0, 0.1) is 24.2 Å². The highest BCUT2D eigenvalue weighted by Crippen LogP contribution is 2.56. The fraction of sp³-hybridized carbons (Fsp3) is 0.571. The first-order chi connectivity index (χ1) is 8.57. The molecule has 2 N–H and O–H groups in total. The fourth-order valence-corrected chi connectivity index (χ4v) is 4.01. The van der Waals surface area contributed by atoms with Crippen molar-refractivity contribution in [3.8, 4) is 6.07 Å². The van der Waals surface area contributed by atoms with Gasteiger partial charge in [-0.3, -0.25) is 0 Å². The Morgan fingerprint density at radius 2 is 2.11 bits per heavy atom. The second-order valence-electron chi connectivity index (χ2n) is 5.70. The van der Waals surface area contributed by atoms with Crippen LogP contribution in [0.1, 0.15) is 48.9 Å². The molecule has 0 atom stereocenters. The third kappa shape index (κ3) is 1.45. The lowest BCUT2D eigenvalue weighted by molar-refractivity contribution is 0.410. The predicted molar refractivity (Wildman–Crippen MR) is 71.4 cm³/mol. The van der Waals surface area contributed by atoms with Gasteiger partial charge in [0.1, 0.15) is 11.2 Å². The van der Waals surface area contributed by atoms with Gasteiger partial charge in [0.25, 0.3) is 0 Å². The average Bonchev–Trinajstić information content (AvgIpc) is 2.95. The van der Waals surface area contributed by atoms with E-state index in [1.807, 2.05) is 6.92 Å². The maximum absolute atomic E-state index is 9.08. The monoisotopic (exact) mass is 261 g/mol. The van der Waals surface area contributed by atoms with Crippen molar-refractivity contribution < 1.29 is 0 Å². The molecule has 2 saturated carbocycles. The van der Waals surface area contributed by atoms with Crippen molar-refractivity contribution in [2.45, 2.75) is 44.4 Å². The van der Waals surface area contributed by atoms with E-state index in [1.54, 1.807) is 0 Å². The molecule has 1 heterocycles. The van der Waals surface area contributed by atoms with Crippen molar-refractivity contribution in [2.75, 3.05) is 5.73 Å². The van der Waals surface area contributed by atoms with Gasteiger partial charge in [-0.25, -0.2) is 4.98 Å². The Bertz CT molecular complexity index is 551. The molecule has 0 amide bonds. The van der Waals surface area contributed by atoms with Gasteiger partial charge in [-0.15, -0.1) is 0 Å². The molecule has 0 spiro atoms. The number of nitrogens with zero attached hydrogens (tertiary/aromatic N) is 2. The molecule has 2 fully saturated rings. The first-order valence-electron chi connectivity index (χ1n) is 6.43. The maximum atomic E-state index is 9.08. The SMILES string of the molecule is Cc1c(N)c(C23CCC(CC2)C3)nc(Cl)c1C#N. The van der Waals surface area contributed by atoms with E-state index in [0.29, 0.717) is 16.4 Å². The summed E-state index contributed by atoms with van der Waals surface area (Å²) < 4.78 is 0. The summed E-state index contributed by atoms with van der Waals surface area (Å²) in [7, 11) is 0. The Kier molecular flexibility index (Phi) is 2.53. The van der Waals surface area contributed by atoms with Crippen LogP contribution in [0.25, 0.3) is 0 Å². The molecular formula is C14H16ClN3. The van der Waals surface area contributed by atoms with Gasteiger partial charge in [-0.05, 0) is 50.5 Å². The van der Waals surface area contributed by atoms with Gasteiger partial charge in [0.05, 0.1) is 16.9 Å². The van der Waals surface area contributed by atoms with Crippen molar-refractivity contribution in [3.63, 3.8) is 0 Å². The summed E-state index contributed by atoms with van der Waals surface area (Å²) in [5, 5.41) is 9.39. The van der Waals surface area contributed by atoms with Gasteiger partial charge < -0.3 is 5.73 Å². The first kappa shape index (κ1) is 11.8. The van der Waals surface area contributed by atoms with Crippen molar-refractivity contribution >= 4 is 17.3 Å². The molecule has 0 saturated heterocycles. The summed E-state index contributed by atoms with van der Waals surface area (Å²) in [4.78, 5) is 4.47. The van der Waals surface area contributed by atoms with Gasteiger partial charge in [0, 0.05) is 5.41 Å². The number of halogens is 1. The van der Waals surface area contributed by atoms with Crippen molar-refractivity contribution in [2.24, 2.45) is 5.92 Å². The molecule has 1 aromatic heterocycles. The zero-order valence-electron chi connectivity index (χ0n) is 10.5. The zero-order chi connectivity index (χ0) is 12.9. The number of nitriles is 1. The molecule has 0 aromatic carbocycles. The molecule has 18 heavy (non-hydrogen) atoms. The summed E-state index contributed by atoms with van der Waals surface area (Å²) in [5.74, 6) is 0.834. The molecule has 2 aliphatic carbocycles. The second kappa shape index (κ2) is 3.86. The second-order valence-corrected chi connectivity index (χ2v) is 6.06. The van der Waals surface area contributed by atoms with Gasteiger partial charge in [-0.2, -0.15) is 5.26 Å². The Hall–Kier alpha value is -1.27. The Labute approximate surface area is 112 Å². The smallest absolute Gasteiger partial charge is 0.147 e. The summed E-state index contributed by atoms with van der Waals surface area (Å²) in [6.45, 7) is 1.86. The third-order valence-electron chi connectivity index (χ3n) is 4.81. The number of fused-ring (bicyclic) bond motifs is 2. The number of nitrogen functional groups attached to an aromatic ring is 1. The van der Waals surface area contributed by atoms with Crippen LogP contribution in [0.2, 0.25) is 5.15 Å². The molecule has 0 unspecified atom stereocenters. The molecule has 3 nitrogen and oxygen atoms in total. The molecule has 2 bridgehead atoms. The van der Waals surface area contributed by atoms with Crippen LogP contribution in [0.3, 0.4) is 0 Å². The lowest BCUT2D eigenvalue weighted by Gasteiger charge is -2.28. The highest BCUT2D eigenvalue weighted by molar-refractivity contribution is 6.30. The summed E-state index contributed by atoms with van der Waals surface area (Å²) in [6, 6.07) is 2.09. The van der Waals surface area contributed by atoms with E-state index in [1.165, 1.54) is 19.3 Å². The van der Waals surface area contributed by atoms with Crippen LogP contribution in [-0.4, -0.2) is 4.98 Å². The Morgan fingerprint density at radius 3 is 2.61 bits per heavy atom. The fourth-order valence-electron chi connectivity index (χ4n) is 3.74.